The van der Waals surface area contributed by atoms with Crippen LogP contribution in [0.1, 0.15) is 10.4 Å². The van der Waals surface area contributed by atoms with E-state index in [1.54, 1.807) is 0 Å². The van der Waals surface area contributed by atoms with Crippen LogP contribution < -0.4 is 24.2 Å². The number of amides is 1. The van der Waals surface area contributed by atoms with Crippen molar-refractivity contribution in [3.63, 3.8) is 0 Å². The first kappa shape index (κ1) is 22.9. The van der Waals surface area contributed by atoms with Crippen molar-refractivity contribution in [2.24, 2.45) is 0 Å². The van der Waals surface area contributed by atoms with Gasteiger partial charge < -0.3 is 19.5 Å². The molecule has 11 nitrogen and oxygen atoms in total. The molecule has 0 fully saturated rings. The number of hydrogen-bond acceptors (Lipinski definition) is 8. The zero-order chi connectivity index (χ0) is 22.3. The van der Waals surface area contributed by atoms with Crippen LogP contribution in [0, 0.1) is 10.1 Å². The van der Waals surface area contributed by atoms with Gasteiger partial charge in [-0.1, -0.05) is 12.1 Å². The molecule has 0 saturated carbocycles. The van der Waals surface area contributed by atoms with E-state index in [0.29, 0.717) is 17.2 Å². The summed E-state index contributed by atoms with van der Waals surface area (Å²) in [5.41, 5.74) is -0.322. The van der Waals surface area contributed by atoms with Gasteiger partial charge in [-0.15, -0.1) is 0 Å². The lowest BCUT2D eigenvalue weighted by atomic mass is 10.1. The number of nitro benzene ring substituents is 1. The number of carbonyl (C=O) groups excluding carboxylic acids is 1. The molecule has 2 aromatic carbocycles. The lowest BCUT2D eigenvalue weighted by Crippen LogP contribution is -2.35. The van der Waals surface area contributed by atoms with Gasteiger partial charge in [0.05, 0.1) is 26.3 Å². The van der Waals surface area contributed by atoms with Crippen molar-refractivity contribution in [2.75, 3.05) is 34.4 Å². The Morgan fingerprint density at radius 2 is 1.63 bits per heavy atom. The second-order valence-corrected chi connectivity index (χ2v) is 7.53. The molecule has 2 aromatic rings. The summed E-state index contributed by atoms with van der Waals surface area (Å²) < 4.78 is 42.5. The van der Waals surface area contributed by atoms with Crippen LogP contribution in [0.3, 0.4) is 0 Å². The van der Waals surface area contributed by atoms with Gasteiger partial charge >= 0.3 is 0 Å². The molecule has 30 heavy (non-hydrogen) atoms. The van der Waals surface area contributed by atoms with E-state index in [1.165, 1.54) is 45.6 Å². The lowest BCUT2D eigenvalue weighted by molar-refractivity contribution is -0.387. The minimum Gasteiger partial charge on any atom is -0.493 e. The van der Waals surface area contributed by atoms with Crippen LogP contribution in [-0.2, 0) is 10.0 Å². The van der Waals surface area contributed by atoms with Crippen LogP contribution in [0.4, 0.5) is 5.69 Å². The van der Waals surface area contributed by atoms with Gasteiger partial charge in [0.1, 0.15) is 0 Å². The van der Waals surface area contributed by atoms with Crippen molar-refractivity contribution in [1.29, 1.82) is 0 Å². The molecule has 2 N–H and O–H groups in total. The first-order valence-electron chi connectivity index (χ1n) is 8.56. The van der Waals surface area contributed by atoms with E-state index >= 15 is 0 Å². The molecular weight excluding hydrogens is 418 g/mol. The summed E-state index contributed by atoms with van der Waals surface area (Å²) in [6.07, 6.45) is 0. The Balaban J connectivity index is 2.04. The third-order valence-electron chi connectivity index (χ3n) is 3.98. The fourth-order valence-corrected chi connectivity index (χ4v) is 3.79. The van der Waals surface area contributed by atoms with Crippen molar-refractivity contribution in [3.05, 3.63) is 52.1 Å². The van der Waals surface area contributed by atoms with Crippen molar-refractivity contribution >= 4 is 21.6 Å². The number of para-hydroxylation sites is 1. The molecule has 0 atom stereocenters. The maximum absolute atomic E-state index is 12.4. The highest BCUT2D eigenvalue weighted by Gasteiger charge is 2.24. The molecule has 0 aromatic heterocycles. The number of methoxy groups -OCH3 is 3. The summed E-state index contributed by atoms with van der Waals surface area (Å²) in [6, 6.07) is 7.89. The lowest BCUT2D eigenvalue weighted by Gasteiger charge is -2.14. The summed E-state index contributed by atoms with van der Waals surface area (Å²) in [4.78, 5) is 22.2. The topological polar surface area (TPSA) is 146 Å². The molecule has 162 valence electrons. The van der Waals surface area contributed by atoms with Crippen LogP contribution in [0.25, 0.3) is 0 Å². The SMILES string of the molecule is COc1cc(C(=O)NCCNS(=O)(=O)c2ccccc2[N+](=O)[O-])cc(OC)c1OC. The highest BCUT2D eigenvalue weighted by molar-refractivity contribution is 7.89. The van der Waals surface area contributed by atoms with E-state index in [-0.39, 0.29) is 18.7 Å². The van der Waals surface area contributed by atoms with E-state index in [1.807, 2.05) is 0 Å². The van der Waals surface area contributed by atoms with Gasteiger partial charge in [0, 0.05) is 24.7 Å². The van der Waals surface area contributed by atoms with Crippen molar-refractivity contribution in [2.45, 2.75) is 4.90 Å². The molecule has 0 saturated heterocycles. The van der Waals surface area contributed by atoms with Gasteiger partial charge in [-0.25, -0.2) is 13.1 Å². The van der Waals surface area contributed by atoms with E-state index in [0.717, 1.165) is 12.1 Å². The number of benzene rings is 2. The van der Waals surface area contributed by atoms with Crippen molar-refractivity contribution in [1.82, 2.24) is 10.0 Å². The number of hydrogen-bond donors (Lipinski definition) is 2. The Kier molecular flexibility index (Phi) is 7.55. The second kappa shape index (κ2) is 9.89. The molecule has 0 bridgehead atoms. The summed E-state index contributed by atoms with van der Waals surface area (Å²) >= 11 is 0. The predicted molar refractivity (Wildman–Crippen MR) is 107 cm³/mol. The van der Waals surface area contributed by atoms with E-state index in [4.69, 9.17) is 14.2 Å². The van der Waals surface area contributed by atoms with Crippen molar-refractivity contribution in [3.8, 4) is 17.2 Å². The normalized spacial score (nSPS) is 10.9. The van der Waals surface area contributed by atoms with Gasteiger partial charge in [0.2, 0.25) is 15.8 Å². The largest absolute Gasteiger partial charge is 0.493 e. The first-order valence-corrected chi connectivity index (χ1v) is 10.0. The number of ether oxygens (including phenoxy) is 3. The molecule has 12 heteroatoms. The van der Waals surface area contributed by atoms with Gasteiger partial charge in [0.15, 0.2) is 16.4 Å². The Morgan fingerprint density at radius 1 is 1.03 bits per heavy atom. The maximum Gasteiger partial charge on any atom is 0.289 e. The molecule has 2 rings (SSSR count). The standard InChI is InChI=1S/C18H21N3O8S/c1-27-14-10-12(11-15(28-2)17(14)29-3)18(22)19-8-9-20-30(25,26)16-7-5-4-6-13(16)21(23)24/h4-7,10-11,20H,8-9H2,1-3H3,(H,19,22). The fraction of sp³-hybridized carbons (Fsp3) is 0.278. The van der Waals surface area contributed by atoms with Crippen LogP contribution in [0.2, 0.25) is 0 Å². The van der Waals surface area contributed by atoms with Gasteiger partial charge in [-0.05, 0) is 18.2 Å². The third-order valence-corrected chi connectivity index (χ3v) is 5.49. The highest BCUT2D eigenvalue weighted by Crippen LogP contribution is 2.38. The fourth-order valence-electron chi connectivity index (χ4n) is 2.59. The Morgan fingerprint density at radius 3 is 2.17 bits per heavy atom. The maximum atomic E-state index is 12.4. The summed E-state index contributed by atoms with van der Waals surface area (Å²) in [6.45, 7) is -0.236. The van der Waals surface area contributed by atoms with Gasteiger partial charge in [-0.2, -0.15) is 0 Å². The first-order chi connectivity index (χ1) is 14.2. The average molecular weight is 439 g/mol. The number of sulfonamides is 1. The summed E-state index contributed by atoms with van der Waals surface area (Å²) in [5.74, 6) is 0.408. The highest BCUT2D eigenvalue weighted by atomic mass is 32.2. The minimum atomic E-state index is -4.13. The minimum absolute atomic E-state index is 0.0602. The molecule has 0 aliphatic rings. The molecule has 0 heterocycles. The Bertz CT molecular complexity index is 1010. The molecule has 0 aliphatic heterocycles. The zero-order valence-corrected chi connectivity index (χ0v) is 17.3. The number of nitrogens with zero attached hydrogens (tertiary/aromatic N) is 1. The van der Waals surface area contributed by atoms with Crippen molar-refractivity contribution < 1.29 is 32.3 Å². The number of rotatable bonds is 10. The number of nitrogens with one attached hydrogen (secondary N) is 2. The molecule has 0 aliphatic carbocycles. The number of carbonyl (C=O) groups is 1. The van der Waals surface area contributed by atoms with Gasteiger partial charge in [-0.3, -0.25) is 14.9 Å². The quantitative estimate of drug-likeness (QED) is 0.320. The zero-order valence-electron chi connectivity index (χ0n) is 16.5. The summed E-state index contributed by atoms with van der Waals surface area (Å²) in [5, 5.41) is 13.6. The molecule has 0 radical (unpaired) electrons. The van der Waals surface area contributed by atoms with E-state index in [2.05, 4.69) is 10.0 Å². The van der Waals surface area contributed by atoms with E-state index < -0.39 is 31.4 Å². The Labute approximate surface area is 173 Å². The van der Waals surface area contributed by atoms with E-state index in [9.17, 15) is 23.3 Å². The summed E-state index contributed by atoms with van der Waals surface area (Å²) in [7, 11) is 0.132. The van der Waals surface area contributed by atoms with Crippen LogP contribution >= 0.6 is 0 Å². The average Bonchev–Trinajstić information content (AvgIpc) is 2.75. The Hall–Kier alpha value is -3.38. The van der Waals surface area contributed by atoms with Gasteiger partial charge in [0.25, 0.3) is 11.6 Å². The third kappa shape index (κ3) is 5.15. The predicted octanol–water partition coefficient (Wildman–Crippen LogP) is 1.33. The van der Waals surface area contributed by atoms with Crippen LogP contribution in [0.15, 0.2) is 41.3 Å². The number of nitro groups is 1. The van der Waals surface area contributed by atoms with Crippen LogP contribution in [0.5, 0.6) is 17.2 Å². The molecule has 0 spiro atoms. The smallest absolute Gasteiger partial charge is 0.289 e. The molecular formula is C18H21N3O8S. The molecule has 1 amide bonds. The monoisotopic (exact) mass is 439 g/mol. The van der Waals surface area contributed by atoms with Crippen LogP contribution in [-0.4, -0.2) is 53.7 Å². The molecule has 0 unspecified atom stereocenters. The second-order valence-electron chi connectivity index (χ2n) is 5.79.